The Morgan fingerprint density at radius 3 is 2.68 bits per heavy atom. The minimum absolute atomic E-state index is 0.652. The smallest absolute Gasteiger partial charge is 0.145 e. The monoisotopic (exact) mass is 332 g/mol. The second-order valence-corrected chi connectivity index (χ2v) is 4.67. The summed E-state index contributed by atoms with van der Waals surface area (Å²) in [7, 11) is 3.50. The Bertz CT molecular complexity index is 366. The molecular formula is C12H21BrN4O2. The van der Waals surface area contributed by atoms with Crippen molar-refractivity contribution in [3.63, 3.8) is 0 Å². The Morgan fingerprint density at radius 1 is 1.16 bits per heavy atom. The van der Waals surface area contributed by atoms with Gasteiger partial charge in [0.15, 0.2) is 0 Å². The van der Waals surface area contributed by atoms with Gasteiger partial charge >= 0.3 is 0 Å². The third-order valence-corrected chi connectivity index (χ3v) is 3.22. The van der Waals surface area contributed by atoms with Crippen LogP contribution in [0.25, 0.3) is 0 Å². The maximum atomic E-state index is 5.39. The standard InChI is InChI=1S/C12H21BrN4O2/c1-14-11-10(13)12(17-9-16-11)15-5-3-4-6-19-8-7-18-2/h9H,3-8H2,1-2H3,(H2,14,15,16,17). The molecule has 0 aromatic carbocycles. The first kappa shape index (κ1) is 16.1. The summed E-state index contributed by atoms with van der Waals surface area (Å²) < 4.78 is 11.1. The number of hydrogen-bond donors (Lipinski definition) is 2. The number of unbranched alkanes of at least 4 members (excludes halogenated alkanes) is 1. The van der Waals surface area contributed by atoms with E-state index in [1.54, 1.807) is 7.11 Å². The number of nitrogens with zero attached hydrogens (tertiary/aromatic N) is 2. The first-order valence-corrected chi connectivity index (χ1v) is 7.07. The minimum atomic E-state index is 0.652. The van der Waals surface area contributed by atoms with Crippen LogP contribution in [0.3, 0.4) is 0 Å². The highest BCUT2D eigenvalue weighted by Gasteiger charge is 2.06. The molecule has 0 radical (unpaired) electrons. The molecule has 0 aliphatic heterocycles. The zero-order valence-electron chi connectivity index (χ0n) is 11.4. The maximum absolute atomic E-state index is 5.39. The molecule has 0 unspecified atom stereocenters. The van der Waals surface area contributed by atoms with Gasteiger partial charge in [-0.15, -0.1) is 0 Å². The fraction of sp³-hybridized carbons (Fsp3) is 0.667. The zero-order valence-corrected chi connectivity index (χ0v) is 13.0. The van der Waals surface area contributed by atoms with Gasteiger partial charge in [0.2, 0.25) is 0 Å². The minimum Gasteiger partial charge on any atom is -0.382 e. The molecule has 108 valence electrons. The van der Waals surface area contributed by atoms with Crippen molar-refractivity contribution in [3.05, 3.63) is 10.8 Å². The zero-order chi connectivity index (χ0) is 13.9. The lowest BCUT2D eigenvalue weighted by Crippen LogP contribution is -2.08. The summed E-state index contributed by atoms with van der Waals surface area (Å²) in [6.45, 7) is 2.93. The first-order chi connectivity index (χ1) is 9.29. The summed E-state index contributed by atoms with van der Waals surface area (Å²) in [4.78, 5) is 8.29. The quantitative estimate of drug-likeness (QED) is 0.640. The summed E-state index contributed by atoms with van der Waals surface area (Å²) in [6, 6.07) is 0. The molecule has 0 aliphatic rings. The number of anilines is 2. The molecule has 1 heterocycles. The van der Waals surface area contributed by atoms with E-state index in [1.807, 2.05) is 7.05 Å². The molecule has 1 aromatic rings. The lowest BCUT2D eigenvalue weighted by Gasteiger charge is -2.09. The number of rotatable bonds is 10. The van der Waals surface area contributed by atoms with Crippen LogP contribution in [0.2, 0.25) is 0 Å². The molecule has 0 saturated carbocycles. The molecule has 0 atom stereocenters. The van der Waals surface area contributed by atoms with Crippen LogP contribution in [0.5, 0.6) is 0 Å². The number of hydrogen-bond acceptors (Lipinski definition) is 6. The van der Waals surface area contributed by atoms with E-state index in [1.165, 1.54) is 6.33 Å². The van der Waals surface area contributed by atoms with Crippen LogP contribution in [-0.4, -0.2) is 50.5 Å². The third kappa shape index (κ3) is 6.17. The van der Waals surface area contributed by atoms with Crippen LogP contribution in [-0.2, 0) is 9.47 Å². The molecule has 0 spiro atoms. The number of halogens is 1. The fourth-order valence-electron chi connectivity index (χ4n) is 1.45. The molecule has 0 bridgehead atoms. The van der Waals surface area contributed by atoms with Gasteiger partial charge in [0.1, 0.15) is 22.4 Å². The highest BCUT2D eigenvalue weighted by molar-refractivity contribution is 9.10. The van der Waals surface area contributed by atoms with E-state index in [2.05, 4.69) is 36.5 Å². The summed E-state index contributed by atoms with van der Waals surface area (Å²) in [5.41, 5.74) is 0. The molecular weight excluding hydrogens is 312 g/mol. The van der Waals surface area contributed by atoms with E-state index < -0.39 is 0 Å². The van der Waals surface area contributed by atoms with Gasteiger partial charge in [0, 0.05) is 27.3 Å². The largest absolute Gasteiger partial charge is 0.382 e. The predicted octanol–water partition coefficient (Wildman–Crippen LogP) is 2.14. The fourth-order valence-corrected chi connectivity index (χ4v) is 1.99. The second kappa shape index (κ2) is 9.94. The van der Waals surface area contributed by atoms with Gasteiger partial charge in [-0.25, -0.2) is 9.97 Å². The molecule has 1 aromatic heterocycles. The lowest BCUT2D eigenvalue weighted by molar-refractivity contribution is 0.0691. The summed E-state index contributed by atoms with van der Waals surface area (Å²) >= 11 is 3.46. The average molecular weight is 333 g/mol. The van der Waals surface area contributed by atoms with E-state index in [0.29, 0.717) is 13.2 Å². The molecule has 0 fully saturated rings. The molecule has 0 saturated heterocycles. The lowest BCUT2D eigenvalue weighted by atomic mass is 10.3. The Kier molecular flexibility index (Phi) is 8.44. The Morgan fingerprint density at radius 2 is 1.95 bits per heavy atom. The van der Waals surface area contributed by atoms with Crippen molar-refractivity contribution >= 4 is 27.6 Å². The van der Waals surface area contributed by atoms with Crippen molar-refractivity contribution in [1.29, 1.82) is 0 Å². The Hall–Kier alpha value is -0.920. The highest BCUT2D eigenvalue weighted by atomic mass is 79.9. The van der Waals surface area contributed by atoms with Crippen LogP contribution in [0.15, 0.2) is 10.8 Å². The van der Waals surface area contributed by atoms with E-state index >= 15 is 0 Å². The maximum Gasteiger partial charge on any atom is 0.145 e. The third-order valence-electron chi connectivity index (χ3n) is 2.47. The summed E-state index contributed by atoms with van der Waals surface area (Å²) in [5.74, 6) is 1.58. The van der Waals surface area contributed by atoms with Gasteiger partial charge in [-0.3, -0.25) is 0 Å². The van der Waals surface area contributed by atoms with Crippen LogP contribution in [0, 0.1) is 0 Å². The van der Waals surface area contributed by atoms with Crippen LogP contribution >= 0.6 is 15.9 Å². The van der Waals surface area contributed by atoms with Gasteiger partial charge in [0.25, 0.3) is 0 Å². The van der Waals surface area contributed by atoms with Crippen molar-refractivity contribution in [1.82, 2.24) is 9.97 Å². The summed E-state index contributed by atoms with van der Waals surface area (Å²) in [6.07, 6.45) is 3.57. The molecule has 1 rings (SSSR count). The van der Waals surface area contributed by atoms with Gasteiger partial charge in [-0.05, 0) is 28.8 Å². The van der Waals surface area contributed by atoms with Crippen molar-refractivity contribution in [2.24, 2.45) is 0 Å². The van der Waals surface area contributed by atoms with Gasteiger partial charge in [-0.1, -0.05) is 0 Å². The van der Waals surface area contributed by atoms with Crippen LogP contribution < -0.4 is 10.6 Å². The number of ether oxygens (including phenoxy) is 2. The van der Waals surface area contributed by atoms with Crippen molar-refractivity contribution < 1.29 is 9.47 Å². The van der Waals surface area contributed by atoms with E-state index in [-0.39, 0.29) is 0 Å². The molecule has 0 aliphatic carbocycles. The molecule has 19 heavy (non-hydrogen) atoms. The summed E-state index contributed by atoms with van der Waals surface area (Å²) in [5, 5.41) is 6.27. The molecule has 0 amide bonds. The predicted molar refractivity (Wildman–Crippen MR) is 79.7 cm³/mol. The molecule has 2 N–H and O–H groups in total. The van der Waals surface area contributed by atoms with E-state index in [0.717, 1.165) is 42.1 Å². The van der Waals surface area contributed by atoms with E-state index in [4.69, 9.17) is 9.47 Å². The van der Waals surface area contributed by atoms with Gasteiger partial charge < -0.3 is 20.1 Å². The SMILES string of the molecule is CNc1ncnc(NCCCCOCCOC)c1Br. The first-order valence-electron chi connectivity index (χ1n) is 6.28. The number of methoxy groups -OCH3 is 1. The van der Waals surface area contributed by atoms with E-state index in [9.17, 15) is 0 Å². The average Bonchev–Trinajstić information content (AvgIpc) is 2.43. The normalized spacial score (nSPS) is 10.5. The van der Waals surface area contributed by atoms with Crippen molar-refractivity contribution in [2.45, 2.75) is 12.8 Å². The number of nitrogens with one attached hydrogen (secondary N) is 2. The number of aromatic nitrogens is 2. The second-order valence-electron chi connectivity index (χ2n) is 3.87. The Labute approximate surface area is 122 Å². The molecule has 6 nitrogen and oxygen atoms in total. The van der Waals surface area contributed by atoms with Crippen LogP contribution in [0.1, 0.15) is 12.8 Å². The van der Waals surface area contributed by atoms with Crippen molar-refractivity contribution in [3.8, 4) is 0 Å². The van der Waals surface area contributed by atoms with Crippen LogP contribution in [0.4, 0.5) is 11.6 Å². The highest BCUT2D eigenvalue weighted by Crippen LogP contribution is 2.25. The Balaban J connectivity index is 2.16. The van der Waals surface area contributed by atoms with Crippen molar-refractivity contribution in [2.75, 3.05) is 51.2 Å². The molecule has 7 heteroatoms. The topological polar surface area (TPSA) is 68.3 Å². The van der Waals surface area contributed by atoms with Gasteiger partial charge in [-0.2, -0.15) is 0 Å². The van der Waals surface area contributed by atoms with Gasteiger partial charge in [0.05, 0.1) is 13.2 Å².